The molecule has 90 valence electrons. The number of pyridine rings is 1. The molecule has 17 heavy (non-hydrogen) atoms. The van der Waals surface area contributed by atoms with Crippen LogP contribution in [0, 0.1) is 0 Å². The number of hydrogen-bond acceptors (Lipinski definition) is 5. The molecule has 0 saturated carbocycles. The topological polar surface area (TPSA) is 46.5 Å². The third kappa shape index (κ3) is 2.87. The number of nitrogens with zero attached hydrogens (tertiary/aromatic N) is 2. The van der Waals surface area contributed by atoms with Gasteiger partial charge in [-0.2, -0.15) is 4.72 Å². The van der Waals surface area contributed by atoms with Crippen molar-refractivity contribution in [2.24, 2.45) is 4.40 Å². The van der Waals surface area contributed by atoms with Gasteiger partial charge in [-0.3, -0.25) is 4.98 Å². The first-order valence-electron chi connectivity index (χ1n) is 5.58. The summed E-state index contributed by atoms with van der Waals surface area (Å²) < 4.78 is 13.0. The van der Waals surface area contributed by atoms with Crippen LogP contribution in [-0.4, -0.2) is 11.2 Å². The van der Waals surface area contributed by atoms with Crippen molar-refractivity contribution in [3.05, 3.63) is 42.4 Å². The highest BCUT2D eigenvalue weighted by molar-refractivity contribution is 7.96. The van der Waals surface area contributed by atoms with E-state index >= 15 is 0 Å². The maximum atomic E-state index is 5.78. The molecule has 4 nitrogen and oxygen atoms in total. The van der Waals surface area contributed by atoms with E-state index in [1.807, 2.05) is 18.2 Å². The molecule has 0 aromatic carbocycles. The van der Waals surface area contributed by atoms with Gasteiger partial charge in [-0.1, -0.05) is 19.4 Å². The van der Waals surface area contributed by atoms with Gasteiger partial charge in [-0.25, -0.2) is 4.40 Å². The van der Waals surface area contributed by atoms with Gasteiger partial charge in [0.15, 0.2) is 0 Å². The fraction of sp³-hybridized carbons (Fsp3) is 0.333. The molecule has 0 fully saturated rings. The Morgan fingerprint density at radius 2 is 2.53 bits per heavy atom. The van der Waals surface area contributed by atoms with Crippen LogP contribution >= 0.6 is 12.1 Å². The normalized spacial score (nSPS) is 23.4. The molecule has 2 heterocycles. The second-order valence-electron chi connectivity index (χ2n) is 3.68. The largest absolute Gasteiger partial charge is 0.470 e. The van der Waals surface area contributed by atoms with E-state index < -0.39 is 5.72 Å². The van der Waals surface area contributed by atoms with Gasteiger partial charge in [0.05, 0.1) is 24.6 Å². The SMILES string of the molecule is CCCC=COC1(c2cccnc2)C=NSN1. The van der Waals surface area contributed by atoms with Crippen LogP contribution in [0.3, 0.4) is 0 Å². The van der Waals surface area contributed by atoms with Crippen molar-refractivity contribution >= 4 is 18.3 Å². The molecule has 1 aromatic rings. The molecular formula is C12H15N3OS. The van der Waals surface area contributed by atoms with Crippen molar-refractivity contribution < 1.29 is 4.74 Å². The monoisotopic (exact) mass is 249 g/mol. The summed E-state index contributed by atoms with van der Waals surface area (Å²) in [5.74, 6) is 0. The molecule has 1 N–H and O–H groups in total. The molecule has 5 heteroatoms. The molecule has 0 radical (unpaired) electrons. The summed E-state index contributed by atoms with van der Waals surface area (Å²) in [4.78, 5) is 4.10. The van der Waals surface area contributed by atoms with E-state index in [1.165, 1.54) is 12.1 Å². The van der Waals surface area contributed by atoms with Crippen LogP contribution in [0.1, 0.15) is 25.3 Å². The predicted octanol–water partition coefficient (Wildman–Crippen LogP) is 2.80. The molecule has 0 amide bonds. The van der Waals surface area contributed by atoms with E-state index in [1.54, 1.807) is 24.9 Å². The standard InChI is InChI=1S/C12H15N3OS/c1-2-3-4-8-16-12(10-14-17-15-12)11-6-5-7-13-9-11/h4-10,15H,2-3H2,1H3. The molecule has 0 bridgehead atoms. The van der Waals surface area contributed by atoms with Crippen LogP contribution in [0.25, 0.3) is 0 Å². The zero-order valence-corrected chi connectivity index (χ0v) is 10.5. The van der Waals surface area contributed by atoms with E-state index in [4.69, 9.17) is 4.74 Å². The van der Waals surface area contributed by atoms with Gasteiger partial charge in [-0.05, 0) is 18.6 Å². The summed E-state index contributed by atoms with van der Waals surface area (Å²) >= 11 is 1.27. The van der Waals surface area contributed by atoms with Gasteiger partial charge in [0.2, 0.25) is 5.72 Å². The number of rotatable bonds is 5. The first-order valence-corrected chi connectivity index (χ1v) is 6.36. The van der Waals surface area contributed by atoms with Crippen molar-refractivity contribution in [2.45, 2.75) is 25.5 Å². The number of hydrogen-bond donors (Lipinski definition) is 1. The lowest BCUT2D eigenvalue weighted by Gasteiger charge is -2.24. The molecule has 1 aliphatic rings. The Hall–Kier alpha value is -1.33. The highest BCUT2D eigenvalue weighted by Gasteiger charge is 2.35. The molecule has 0 spiro atoms. The van der Waals surface area contributed by atoms with Crippen molar-refractivity contribution in [1.82, 2.24) is 9.71 Å². The highest BCUT2D eigenvalue weighted by Crippen LogP contribution is 2.28. The number of allylic oxidation sites excluding steroid dienone is 1. The van der Waals surface area contributed by atoms with Crippen molar-refractivity contribution in [3.63, 3.8) is 0 Å². The van der Waals surface area contributed by atoms with Gasteiger partial charge < -0.3 is 4.74 Å². The summed E-state index contributed by atoms with van der Waals surface area (Å²) in [6, 6.07) is 3.85. The zero-order valence-electron chi connectivity index (χ0n) is 9.67. The number of ether oxygens (including phenoxy) is 1. The van der Waals surface area contributed by atoms with Crippen LogP contribution in [0.5, 0.6) is 0 Å². The van der Waals surface area contributed by atoms with Gasteiger partial charge in [0.1, 0.15) is 0 Å². The Labute approximate surface area is 105 Å². The predicted molar refractivity (Wildman–Crippen MR) is 70.3 cm³/mol. The summed E-state index contributed by atoms with van der Waals surface area (Å²) in [7, 11) is 0. The van der Waals surface area contributed by atoms with Gasteiger partial charge >= 0.3 is 0 Å². The van der Waals surface area contributed by atoms with Crippen LogP contribution in [0.4, 0.5) is 0 Å². The van der Waals surface area contributed by atoms with Gasteiger partial charge in [0, 0.05) is 18.0 Å². The lowest BCUT2D eigenvalue weighted by molar-refractivity contribution is 0.0843. The number of unbranched alkanes of at least 4 members (excludes halogenated alkanes) is 1. The van der Waals surface area contributed by atoms with E-state index in [0.717, 1.165) is 18.4 Å². The summed E-state index contributed by atoms with van der Waals surface area (Å²) in [5, 5.41) is 0. The highest BCUT2D eigenvalue weighted by atomic mass is 32.2. The first-order chi connectivity index (χ1) is 8.37. The summed E-state index contributed by atoms with van der Waals surface area (Å²) in [6.45, 7) is 2.13. The quantitative estimate of drug-likeness (QED) is 0.644. The molecule has 0 saturated heterocycles. The molecule has 0 aliphatic carbocycles. The third-order valence-corrected chi connectivity index (χ3v) is 2.99. The van der Waals surface area contributed by atoms with Crippen molar-refractivity contribution in [2.75, 3.05) is 0 Å². The Kier molecular flexibility index (Phi) is 4.17. The molecule has 1 aromatic heterocycles. The Morgan fingerprint density at radius 1 is 1.59 bits per heavy atom. The maximum Gasteiger partial charge on any atom is 0.235 e. The smallest absolute Gasteiger partial charge is 0.235 e. The lowest BCUT2D eigenvalue weighted by atomic mass is 10.1. The van der Waals surface area contributed by atoms with Gasteiger partial charge in [-0.15, -0.1) is 0 Å². The molecule has 2 rings (SSSR count). The molecule has 1 aliphatic heterocycles. The molecule has 1 atom stereocenters. The average Bonchev–Trinajstić information content (AvgIpc) is 2.86. The fourth-order valence-electron chi connectivity index (χ4n) is 1.45. The second kappa shape index (κ2) is 5.84. The zero-order chi connectivity index (χ0) is 12.0. The summed E-state index contributed by atoms with van der Waals surface area (Å²) in [6.07, 6.45) is 11.1. The minimum atomic E-state index is -0.691. The van der Waals surface area contributed by atoms with E-state index in [-0.39, 0.29) is 0 Å². The minimum Gasteiger partial charge on any atom is -0.470 e. The lowest BCUT2D eigenvalue weighted by Crippen LogP contribution is -2.38. The third-order valence-electron chi connectivity index (χ3n) is 2.38. The first kappa shape index (κ1) is 12.1. The van der Waals surface area contributed by atoms with Gasteiger partial charge in [0.25, 0.3) is 0 Å². The molecular weight excluding hydrogens is 234 g/mol. The molecule has 1 unspecified atom stereocenters. The maximum absolute atomic E-state index is 5.78. The number of nitrogens with one attached hydrogen (secondary N) is 1. The van der Waals surface area contributed by atoms with E-state index in [2.05, 4.69) is 21.0 Å². The van der Waals surface area contributed by atoms with Crippen LogP contribution in [0.2, 0.25) is 0 Å². The summed E-state index contributed by atoms with van der Waals surface area (Å²) in [5.41, 5.74) is 0.248. The average molecular weight is 249 g/mol. The van der Waals surface area contributed by atoms with Crippen LogP contribution in [0.15, 0.2) is 41.3 Å². The van der Waals surface area contributed by atoms with E-state index in [0.29, 0.717) is 0 Å². The van der Waals surface area contributed by atoms with Crippen molar-refractivity contribution in [3.8, 4) is 0 Å². The van der Waals surface area contributed by atoms with Crippen molar-refractivity contribution in [1.29, 1.82) is 0 Å². The number of aromatic nitrogens is 1. The van der Waals surface area contributed by atoms with Crippen LogP contribution in [-0.2, 0) is 10.5 Å². The van der Waals surface area contributed by atoms with E-state index in [9.17, 15) is 0 Å². The Balaban J connectivity index is 2.14. The second-order valence-corrected chi connectivity index (χ2v) is 4.28. The Bertz CT molecular complexity index is 407. The minimum absolute atomic E-state index is 0.691. The fourth-order valence-corrected chi connectivity index (χ4v) is 2.06. The Morgan fingerprint density at radius 3 is 3.18 bits per heavy atom. The van der Waals surface area contributed by atoms with Crippen LogP contribution < -0.4 is 4.72 Å².